The lowest BCUT2D eigenvalue weighted by Crippen LogP contribution is -2.31. The topological polar surface area (TPSA) is 42.3 Å². The van der Waals surface area contributed by atoms with Gasteiger partial charge in [-0.05, 0) is 79.4 Å². The van der Waals surface area contributed by atoms with Gasteiger partial charge in [0.05, 0.1) is 44.7 Å². The van der Waals surface area contributed by atoms with Gasteiger partial charge in [0.2, 0.25) is 0 Å². The number of aromatic nitrogens is 1. The molecule has 0 saturated heterocycles. The second-order valence-corrected chi connectivity index (χ2v) is 11.7. The summed E-state index contributed by atoms with van der Waals surface area (Å²) in [5.74, 6) is -1.04. The van der Waals surface area contributed by atoms with Gasteiger partial charge < -0.3 is 4.57 Å². The van der Waals surface area contributed by atoms with Crippen LogP contribution in [0.15, 0.2) is 91.0 Å². The number of hydrogen-bond acceptors (Lipinski definition) is 2. The molecule has 0 atom stereocenters. The Labute approximate surface area is 264 Å². The van der Waals surface area contributed by atoms with Crippen molar-refractivity contribution in [3.8, 4) is 16.8 Å². The molecule has 4 nitrogen and oxygen atoms in total. The van der Waals surface area contributed by atoms with E-state index in [0.717, 1.165) is 33.0 Å². The Morgan fingerprint density at radius 1 is 0.596 bits per heavy atom. The van der Waals surface area contributed by atoms with Crippen molar-refractivity contribution in [3.63, 3.8) is 0 Å². The number of alkyl halides is 6. The minimum Gasteiger partial charge on any atom is -0.308 e. The number of nitrogens with zero attached hydrogens (tertiary/aromatic N) is 2. The first kappa shape index (κ1) is 30.3. The van der Waals surface area contributed by atoms with Crippen molar-refractivity contribution in [2.75, 3.05) is 4.90 Å². The van der Waals surface area contributed by atoms with Crippen molar-refractivity contribution in [1.29, 1.82) is 0 Å². The van der Waals surface area contributed by atoms with Crippen LogP contribution in [0.3, 0.4) is 0 Å². The van der Waals surface area contributed by atoms with E-state index in [1.807, 2.05) is 39.0 Å². The van der Waals surface area contributed by atoms with Gasteiger partial charge in [-0.15, -0.1) is 0 Å². The van der Waals surface area contributed by atoms with Crippen molar-refractivity contribution in [2.45, 2.75) is 33.1 Å². The summed E-state index contributed by atoms with van der Waals surface area (Å²) in [5, 5.41) is 1.37. The lowest BCUT2D eigenvalue weighted by atomic mass is 9.96. The molecule has 1 aromatic heterocycles. The second kappa shape index (κ2) is 10.3. The Morgan fingerprint density at radius 3 is 1.96 bits per heavy atom. The highest BCUT2D eigenvalue weighted by molar-refractivity contribution is 6.36. The fraction of sp³-hybridized carbons (Fsp3) is 0.135. The van der Waals surface area contributed by atoms with Gasteiger partial charge in [-0.25, -0.2) is 4.90 Å². The summed E-state index contributed by atoms with van der Waals surface area (Å²) >= 11 is 0. The van der Waals surface area contributed by atoms with E-state index in [-0.39, 0.29) is 22.8 Å². The number of para-hydroxylation sites is 1. The van der Waals surface area contributed by atoms with E-state index in [1.165, 1.54) is 12.1 Å². The average Bonchev–Trinajstić information content (AvgIpc) is 3.46. The molecule has 6 aromatic rings. The number of aryl methyl sites for hydroxylation is 3. The third-order valence-electron chi connectivity index (χ3n) is 8.63. The third kappa shape index (κ3) is 4.69. The Balaban J connectivity index is 1.48. The molecular weight excluding hydrogens is 618 g/mol. The highest BCUT2D eigenvalue weighted by Gasteiger charge is 2.41. The number of carbonyl (C=O) groups excluding carboxylic acids is 2. The molecule has 0 bridgehead atoms. The van der Waals surface area contributed by atoms with E-state index >= 15 is 0 Å². The Hall–Kier alpha value is -5.38. The van der Waals surface area contributed by atoms with Crippen LogP contribution in [0.4, 0.5) is 32.0 Å². The molecule has 2 amide bonds. The van der Waals surface area contributed by atoms with Gasteiger partial charge >= 0.3 is 12.4 Å². The molecule has 0 aliphatic carbocycles. The smallest absolute Gasteiger partial charge is 0.308 e. The zero-order chi connectivity index (χ0) is 33.6. The molecule has 7 rings (SSSR count). The molecule has 0 fully saturated rings. The summed E-state index contributed by atoms with van der Waals surface area (Å²) in [6, 6.07) is 21.9. The molecule has 236 valence electrons. The van der Waals surface area contributed by atoms with Gasteiger partial charge in [-0.1, -0.05) is 60.2 Å². The number of fused-ring (bicyclic) bond motifs is 4. The SMILES string of the molecule is Cc1cc(C)c(N2C(=O)c3cccc(-n4c5ccccc5c5ccc(-c6ccc(C(F)(F)F)cc6C(F)(F)F)cc54)c3C2=O)c(C)c1. The van der Waals surface area contributed by atoms with Crippen molar-refractivity contribution in [3.05, 3.63) is 130 Å². The number of carbonyl (C=O) groups is 2. The highest BCUT2D eigenvalue weighted by atomic mass is 19.4. The van der Waals surface area contributed by atoms with Gasteiger partial charge in [0.15, 0.2) is 0 Å². The van der Waals surface area contributed by atoms with E-state index in [4.69, 9.17) is 0 Å². The fourth-order valence-corrected chi connectivity index (χ4v) is 6.79. The quantitative estimate of drug-likeness (QED) is 0.142. The van der Waals surface area contributed by atoms with Gasteiger partial charge in [0, 0.05) is 10.8 Å². The molecular formula is C37H24F6N2O2. The van der Waals surface area contributed by atoms with Crippen molar-refractivity contribution < 1.29 is 35.9 Å². The van der Waals surface area contributed by atoms with Crippen LogP contribution in [0.1, 0.15) is 48.5 Å². The highest BCUT2D eigenvalue weighted by Crippen LogP contribution is 2.44. The number of imide groups is 1. The Kier molecular flexibility index (Phi) is 6.65. The van der Waals surface area contributed by atoms with E-state index in [2.05, 4.69) is 0 Å². The molecule has 1 aliphatic heterocycles. The molecule has 5 aromatic carbocycles. The molecule has 10 heteroatoms. The minimum absolute atomic E-state index is 0.0325. The largest absolute Gasteiger partial charge is 0.417 e. The first-order valence-corrected chi connectivity index (χ1v) is 14.6. The number of amides is 2. The van der Waals surface area contributed by atoms with Crippen LogP contribution in [0.2, 0.25) is 0 Å². The summed E-state index contributed by atoms with van der Waals surface area (Å²) in [6.45, 7) is 5.57. The average molecular weight is 643 g/mol. The summed E-state index contributed by atoms with van der Waals surface area (Å²) in [7, 11) is 0. The van der Waals surface area contributed by atoms with Crippen LogP contribution in [-0.2, 0) is 12.4 Å². The third-order valence-corrected chi connectivity index (χ3v) is 8.63. The predicted octanol–water partition coefficient (Wildman–Crippen LogP) is 10.2. The lowest BCUT2D eigenvalue weighted by molar-refractivity contribution is -0.142. The minimum atomic E-state index is -5.07. The van der Waals surface area contributed by atoms with E-state index in [9.17, 15) is 35.9 Å². The van der Waals surface area contributed by atoms with Crippen LogP contribution in [0.25, 0.3) is 38.6 Å². The van der Waals surface area contributed by atoms with Crippen molar-refractivity contribution >= 4 is 39.3 Å². The Morgan fingerprint density at radius 2 is 1.28 bits per heavy atom. The number of halogens is 6. The van der Waals surface area contributed by atoms with E-state index in [1.54, 1.807) is 47.0 Å². The number of rotatable bonds is 3. The van der Waals surface area contributed by atoms with Crippen LogP contribution in [0.5, 0.6) is 0 Å². The van der Waals surface area contributed by atoms with Crippen molar-refractivity contribution in [2.24, 2.45) is 0 Å². The van der Waals surface area contributed by atoms with Gasteiger partial charge in [0.1, 0.15) is 0 Å². The van der Waals surface area contributed by atoms with Crippen LogP contribution < -0.4 is 4.90 Å². The molecule has 0 saturated carbocycles. The number of anilines is 1. The maximum atomic E-state index is 14.2. The molecule has 1 aliphatic rings. The van der Waals surface area contributed by atoms with Gasteiger partial charge in [-0.3, -0.25) is 9.59 Å². The molecule has 2 heterocycles. The lowest BCUT2D eigenvalue weighted by Gasteiger charge is -2.20. The first-order chi connectivity index (χ1) is 22.2. The standard InChI is InChI=1S/C37H24F6N2O2/c1-19-15-20(2)33(21(3)16-19)45-34(46)27-8-6-10-30(32(27)35(45)47)44-29-9-5-4-7-25(29)26-13-11-22(17-31(26)44)24-14-12-23(36(38,39)40)18-28(24)37(41,42)43/h4-18H,1-3H3. The molecule has 47 heavy (non-hydrogen) atoms. The molecule has 0 spiro atoms. The number of benzene rings is 5. The first-order valence-electron chi connectivity index (χ1n) is 14.6. The molecule has 0 radical (unpaired) electrons. The summed E-state index contributed by atoms with van der Waals surface area (Å²) < 4.78 is 84.4. The fourth-order valence-electron chi connectivity index (χ4n) is 6.79. The van der Waals surface area contributed by atoms with Crippen LogP contribution in [0, 0.1) is 20.8 Å². The van der Waals surface area contributed by atoms with Crippen molar-refractivity contribution in [1.82, 2.24) is 4.57 Å². The monoisotopic (exact) mass is 642 g/mol. The summed E-state index contributed by atoms with van der Waals surface area (Å²) in [5.41, 5.74) is 1.42. The zero-order valence-corrected chi connectivity index (χ0v) is 25.1. The predicted molar refractivity (Wildman–Crippen MR) is 168 cm³/mol. The molecule has 0 N–H and O–H groups in total. The maximum absolute atomic E-state index is 14.2. The van der Waals surface area contributed by atoms with Gasteiger partial charge in [-0.2, -0.15) is 26.3 Å². The van der Waals surface area contributed by atoms with E-state index < -0.39 is 40.9 Å². The zero-order valence-electron chi connectivity index (χ0n) is 25.1. The molecule has 0 unspecified atom stereocenters. The summed E-state index contributed by atoms with van der Waals surface area (Å²) in [4.78, 5) is 29.2. The van der Waals surface area contributed by atoms with Gasteiger partial charge in [0.25, 0.3) is 11.8 Å². The number of hydrogen-bond donors (Lipinski definition) is 0. The second-order valence-electron chi connectivity index (χ2n) is 11.7. The van der Waals surface area contributed by atoms with Crippen LogP contribution in [-0.4, -0.2) is 16.4 Å². The van der Waals surface area contributed by atoms with Crippen LogP contribution >= 0.6 is 0 Å². The normalized spacial score (nSPS) is 13.7. The Bertz CT molecular complexity index is 2290. The maximum Gasteiger partial charge on any atom is 0.417 e. The van der Waals surface area contributed by atoms with E-state index in [0.29, 0.717) is 33.9 Å². The summed E-state index contributed by atoms with van der Waals surface area (Å²) in [6.07, 6.45) is -10.0.